The quantitative estimate of drug-likeness (QED) is 0.741. The fourth-order valence-corrected chi connectivity index (χ4v) is 4.96. The zero-order valence-electron chi connectivity index (χ0n) is 17.0. The van der Waals surface area contributed by atoms with Gasteiger partial charge in [0.1, 0.15) is 11.6 Å². The van der Waals surface area contributed by atoms with Crippen LogP contribution in [0.3, 0.4) is 0 Å². The minimum atomic E-state index is 0.0301. The van der Waals surface area contributed by atoms with Gasteiger partial charge in [-0.15, -0.1) is 0 Å². The summed E-state index contributed by atoms with van der Waals surface area (Å²) < 4.78 is 5.32. The lowest BCUT2D eigenvalue weighted by Gasteiger charge is -2.39. The molecule has 2 aliphatic rings. The number of aromatic nitrogens is 3. The number of nitrogens with one attached hydrogen (secondary N) is 1. The second kappa shape index (κ2) is 6.95. The summed E-state index contributed by atoms with van der Waals surface area (Å²) in [6.07, 6.45) is 3.93. The second-order valence-electron chi connectivity index (χ2n) is 8.47. The Balaban J connectivity index is 1.40. The molecule has 0 bridgehead atoms. The number of rotatable bonds is 3. The van der Waals surface area contributed by atoms with E-state index >= 15 is 0 Å². The lowest BCUT2D eigenvalue weighted by atomic mass is 9.76. The molecule has 150 valence electrons. The Morgan fingerprint density at radius 3 is 2.59 bits per heavy atom. The Labute approximate surface area is 170 Å². The highest BCUT2D eigenvalue weighted by Gasteiger charge is 2.44. The Bertz CT molecular complexity index is 1070. The molecular formula is C23H26N4O2. The van der Waals surface area contributed by atoms with Crippen LogP contribution in [0.1, 0.15) is 47.5 Å². The molecule has 0 unspecified atom stereocenters. The number of aromatic amines is 1. The predicted molar refractivity (Wildman–Crippen MR) is 111 cm³/mol. The number of nitrogens with zero attached hydrogens (tertiary/aromatic N) is 3. The van der Waals surface area contributed by atoms with E-state index in [-0.39, 0.29) is 11.0 Å². The zero-order valence-corrected chi connectivity index (χ0v) is 17.0. The van der Waals surface area contributed by atoms with E-state index in [1.165, 1.54) is 5.56 Å². The normalized spacial score (nSPS) is 18.3. The van der Waals surface area contributed by atoms with Crippen LogP contribution in [-0.2, 0) is 18.4 Å². The molecule has 0 amide bonds. The van der Waals surface area contributed by atoms with Gasteiger partial charge in [0.2, 0.25) is 0 Å². The maximum Gasteiger partial charge on any atom is 0.254 e. The van der Waals surface area contributed by atoms with Crippen LogP contribution in [0.4, 0.5) is 0 Å². The van der Waals surface area contributed by atoms with Crippen molar-refractivity contribution in [1.29, 1.82) is 0 Å². The van der Waals surface area contributed by atoms with E-state index < -0.39 is 0 Å². The van der Waals surface area contributed by atoms with Crippen LogP contribution >= 0.6 is 0 Å². The number of likely N-dealkylation sites (tertiary alicyclic amines) is 1. The van der Waals surface area contributed by atoms with E-state index in [9.17, 15) is 4.79 Å². The van der Waals surface area contributed by atoms with E-state index in [4.69, 9.17) is 9.51 Å². The third-order valence-corrected chi connectivity index (χ3v) is 6.79. The molecule has 5 rings (SSSR count). The van der Waals surface area contributed by atoms with Crippen LogP contribution in [-0.4, -0.2) is 33.1 Å². The summed E-state index contributed by atoms with van der Waals surface area (Å²) in [6, 6.07) is 9.93. The highest BCUT2D eigenvalue weighted by Crippen LogP contribution is 2.44. The summed E-state index contributed by atoms with van der Waals surface area (Å²) in [4.78, 5) is 23.2. The van der Waals surface area contributed by atoms with Crippen molar-refractivity contribution in [2.24, 2.45) is 0 Å². The molecule has 3 aromatic rings. The van der Waals surface area contributed by atoms with Crippen molar-refractivity contribution in [2.45, 2.75) is 51.5 Å². The fourth-order valence-electron chi connectivity index (χ4n) is 4.96. The summed E-state index contributed by atoms with van der Waals surface area (Å²) in [5, 5.41) is 4.08. The number of fused-ring (bicyclic) bond motifs is 2. The smallest absolute Gasteiger partial charge is 0.254 e. The first-order chi connectivity index (χ1) is 14.1. The third kappa shape index (κ3) is 3.12. The topological polar surface area (TPSA) is 75.0 Å². The van der Waals surface area contributed by atoms with Crippen molar-refractivity contribution in [2.75, 3.05) is 13.1 Å². The van der Waals surface area contributed by atoms with Gasteiger partial charge in [0.05, 0.1) is 11.4 Å². The number of piperidine rings is 1. The molecule has 1 aliphatic carbocycles. The zero-order chi connectivity index (χ0) is 20.0. The average molecular weight is 390 g/mol. The molecule has 1 aromatic carbocycles. The highest BCUT2D eigenvalue weighted by molar-refractivity contribution is 5.55. The predicted octanol–water partition coefficient (Wildman–Crippen LogP) is 3.52. The number of H-pyrrole nitrogens is 1. The lowest BCUT2D eigenvalue weighted by molar-refractivity contribution is 0.149. The van der Waals surface area contributed by atoms with Crippen molar-refractivity contribution < 1.29 is 4.52 Å². The lowest BCUT2D eigenvalue weighted by Crippen LogP contribution is -2.42. The Morgan fingerprint density at radius 2 is 1.90 bits per heavy atom. The molecule has 29 heavy (non-hydrogen) atoms. The maximum atomic E-state index is 12.8. The second-order valence-corrected chi connectivity index (χ2v) is 8.47. The van der Waals surface area contributed by atoms with Gasteiger partial charge in [-0.1, -0.05) is 35.5 Å². The van der Waals surface area contributed by atoms with E-state index in [1.54, 1.807) is 0 Å². The minimum Gasteiger partial charge on any atom is -0.361 e. The molecular weight excluding hydrogens is 364 g/mol. The first-order valence-corrected chi connectivity index (χ1v) is 10.4. The molecule has 0 atom stereocenters. The first-order valence-electron chi connectivity index (χ1n) is 10.4. The van der Waals surface area contributed by atoms with Gasteiger partial charge in [-0.05, 0) is 52.6 Å². The van der Waals surface area contributed by atoms with Crippen LogP contribution in [0, 0.1) is 13.8 Å². The van der Waals surface area contributed by atoms with E-state index in [2.05, 4.69) is 15.0 Å². The van der Waals surface area contributed by atoms with Crippen molar-refractivity contribution in [1.82, 2.24) is 20.0 Å². The van der Waals surface area contributed by atoms with E-state index in [0.717, 1.165) is 73.6 Å². The van der Waals surface area contributed by atoms with E-state index in [1.807, 2.05) is 44.2 Å². The standard InChI is InChI=1S/C23H26N4O2/c1-15-19(16(2)29-26-15)14-27-12-10-23(11-13-27)9-8-18-20(23)24-21(25-22(18)28)17-6-4-3-5-7-17/h3-7H,8-14H2,1-2H3,(H,24,25,28). The molecule has 1 aliphatic heterocycles. The summed E-state index contributed by atoms with van der Waals surface area (Å²) in [7, 11) is 0. The van der Waals surface area contributed by atoms with E-state index in [0.29, 0.717) is 5.82 Å². The summed E-state index contributed by atoms with van der Waals surface area (Å²) in [5.41, 5.74) is 5.14. The van der Waals surface area contributed by atoms with Crippen LogP contribution < -0.4 is 5.56 Å². The van der Waals surface area contributed by atoms with Crippen molar-refractivity contribution in [3.8, 4) is 11.4 Å². The monoisotopic (exact) mass is 390 g/mol. The van der Waals surface area contributed by atoms with Gasteiger partial charge < -0.3 is 9.51 Å². The molecule has 6 heteroatoms. The van der Waals surface area contributed by atoms with Crippen molar-refractivity contribution in [3.05, 3.63) is 69.0 Å². The van der Waals surface area contributed by atoms with Gasteiger partial charge in [-0.2, -0.15) is 0 Å². The van der Waals surface area contributed by atoms with Gasteiger partial charge in [-0.3, -0.25) is 9.69 Å². The van der Waals surface area contributed by atoms with Gasteiger partial charge in [0, 0.05) is 28.7 Å². The third-order valence-electron chi connectivity index (χ3n) is 6.79. The maximum absolute atomic E-state index is 12.8. The van der Waals surface area contributed by atoms with Gasteiger partial charge in [0.15, 0.2) is 0 Å². The minimum absolute atomic E-state index is 0.0301. The summed E-state index contributed by atoms with van der Waals surface area (Å²) in [5.74, 6) is 1.60. The molecule has 1 spiro atoms. The number of benzene rings is 1. The molecule has 1 saturated heterocycles. The van der Waals surface area contributed by atoms with Gasteiger partial charge in [-0.25, -0.2) is 4.98 Å². The number of hydrogen-bond donors (Lipinski definition) is 1. The Morgan fingerprint density at radius 1 is 1.14 bits per heavy atom. The average Bonchev–Trinajstić information content (AvgIpc) is 3.26. The first kappa shape index (κ1) is 18.3. The summed E-state index contributed by atoms with van der Waals surface area (Å²) >= 11 is 0. The molecule has 1 N–H and O–H groups in total. The molecule has 0 saturated carbocycles. The van der Waals surface area contributed by atoms with Crippen molar-refractivity contribution in [3.63, 3.8) is 0 Å². The number of aryl methyl sites for hydroxylation is 2. The SMILES string of the molecule is Cc1noc(C)c1CN1CCC2(CCc3c2nc(-c2ccccc2)[nH]c3=O)CC1. The largest absolute Gasteiger partial charge is 0.361 e. The molecule has 1 fully saturated rings. The van der Waals surface area contributed by atoms with Crippen LogP contribution in [0.15, 0.2) is 39.6 Å². The Hall–Kier alpha value is -2.73. The Kier molecular flexibility index (Phi) is 4.39. The highest BCUT2D eigenvalue weighted by atomic mass is 16.5. The molecule has 2 aromatic heterocycles. The van der Waals surface area contributed by atoms with Crippen molar-refractivity contribution >= 4 is 0 Å². The van der Waals surface area contributed by atoms with Gasteiger partial charge in [0.25, 0.3) is 5.56 Å². The summed E-state index contributed by atoms with van der Waals surface area (Å²) in [6.45, 7) is 6.86. The fraction of sp³-hybridized carbons (Fsp3) is 0.435. The number of hydrogen-bond acceptors (Lipinski definition) is 5. The van der Waals surface area contributed by atoms with Crippen LogP contribution in [0.5, 0.6) is 0 Å². The molecule has 3 heterocycles. The van der Waals surface area contributed by atoms with Gasteiger partial charge >= 0.3 is 0 Å². The molecule has 0 radical (unpaired) electrons. The van der Waals surface area contributed by atoms with Crippen LogP contribution in [0.2, 0.25) is 0 Å². The van der Waals surface area contributed by atoms with Crippen LogP contribution in [0.25, 0.3) is 11.4 Å². The molecule has 6 nitrogen and oxygen atoms in total.